The third-order valence-corrected chi connectivity index (χ3v) is 2.93. The van der Waals surface area contributed by atoms with Crippen molar-refractivity contribution in [1.82, 2.24) is 4.98 Å². The molecule has 7 heteroatoms. The van der Waals surface area contributed by atoms with Gasteiger partial charge in [-0.15, -0.1) is 0 Å². The van der Waals surface area contributed by atoms with Crippen molar-refractivity contribution in [3.63, 3.8) is 0 Å². The van der Waals surface area contributed by atoms with E-state index in [1.165, 1.54) is 18.3 Å². The Morgan fingerprint density at radius 2 is 1.74 bits per heavy atom. The van der Waals surface area contributed by atoms with Gasteiger partial charge >= 0.3 is 5.97 Å². The van der Waals surface area contributed by atoms with Gasteiger partial charge in [0.1, 0.15) is 5.69 Å². The van der Waals surface area contributed by atoms with E-state index in [2.05, 4.69) is 10.3 Å². The number of anilines is 1. The molecule has 1 aromatic carbocycles. The summed E-state index contributed by atoms with van der Waals surface area (Å²) in [6, 6.07) is 9.13. The summed E-state index contributed by atoms with van der Waals surface area (Å²) in [6.45, 7) is 2.02. The average Bonchev–Trinajstić information content (AvgIpc) is 2.55. The summed E-state index contributed by atoms with van der Waals surface area (Å²) in [4.78, 5) is 38.3. The van der Waals surface area contributed by atoms with Gasteiger partial charge < -0.3 is 15.8 Å². The molecule has 0 aliphatic carbocycles. The number of benzene rings is 1. The van der Waals surface area contributed by atoms with Gasteiger partial charge in [-0.1, -0.05) is 0 Å². The summed E-state index contributed by atoms with van der Waals surface area (Å²) in [5.74, 6) is -1.47. The van der Waals surface area contributed by atoms with Crippen LogP contribution >= 0.6 is 0 Å². The number of primary amides is 1. The molecule has 0 saturated heterocycles. The van der Waals surface area contributed by atoms with Gasteiger partial charge in [0.15, 0.2) is 0 Å². The number of esters is 1. The van der Waals surface area contributed by atoms with Gasteiger partial charge in [0.25, 0.3) is 11.8 Å². The predicted octanol–water partition coefficient (Wildman–Crippen LogP) is 1.61. The number of hydrogen-bond acceptors (Lipinski definition) is 5. The minimum Gasteiger partial charge on any atom is -0.462 e. The topological polar surface area (TPSA) is 111 Å². The first-order valence-electron chi connectivity index (χ1n) is 6.85. The van der Waals surface area contributed by atoms with Gasteiger partial charge in [0.05, 0.1) is 17.7 Å². The van der Waals surface area contributed by atoms with E-state index in [0.717, 1.165) is 0 Å². The van der Waals surface area contributed by atoms with E-state index in [0.29, 0.717) is 17.9 Å². The fourth-order valence-corrected chi connectivity index (χ4v) is 1.78. The van der Waals surface area contributed by atoms with E-state index in [4.69, 9.17) is 10.5 Å². The Morgan fingerprint density at radius 1 is 1.09 bits per heavy atom. The highest BCUT2D eigenvalue weighted by Gasteiger charge is 2.10. The van der Waals surface area contributed by atoms with Crippen LogP contribution in [0.1, 0.15) is 38.1 Å². The monoisotopic (exact) mass is 313 g/mol. The highest BCUT2D eigenvalue weighted by atomic mass is 16.5. The van der Waals surface area contributed by atoms with E-state index >= 15 is 0 Å². The van der Waals surface area contributed by atoms with Crippen LogP contribution in [0.5, 0.6) is 0 Å². The summed E-state index contributed by atoms with van der Waals surface area (Å²) in [6.07, 6.45) is 1.27. The van der Waals surface area contributed by atoms with Crippen LogP contribution in [0.2, 0.25) is 0 Å². The molecule has 2 rings (SSSR count). The van der Waals surface area contributed by atoms with Gasteiger partial charge in [-0.05, 0) is 43.3 Å². The zero-order valence-corrected chi connectivity index (χ0v) is 12.4. The lowest BCUT2D eigenvalue weighted by Gasteiger charge is -2.06. The summed E-state index contributed by atoms with van der Waals surface area (Å²) in [5.41, 5.74) is 6.37. The molecule has 0 atom stereocenters. The van der Waals surface area contributed by atoms with E-state index < -0.39 is 17.8 Å². The first-order chi connectivity index (χ1) is 11.0. The maximum atomic E-state index is 12.1. The van der Waals surface area contributed by atoms with Crippen LogP contribution in [-0.2, 0) is 4.74 Å². The number of pyridine rings is 1. The third kappa shape index (κ3) is 4.13. The fraction of sp³-hybridized carbons (Fsp3) is 0.125. The number of carbonyl (C=O) groups is 3. The highest BCUT2D eigenvalue weighted by Crippen LogP contribution is 2.12. The van der Waals surface area contributed by atoms with Crippen molar-refractivity contribution < 1.29 is 19.1 Å². The quantitative estimate of drug-likeness (QED) is 0.814. The molecule has 0 radical (unpaired) electrons. The van der Waals surface area contributed by atoms with Crippen molar-refractivity contribution in [3.8, 4) is 0 Å². The molecule has 0 unspecified atom stereocenters. The molecule has 0 spiro atoms. The number of rotatable bonds is 5. The molecule has 0 fully saturated rings. The zero-order valence-electron chi connectivity index (χ0n) is 12.4. The van der Waals surface area contributed by atoms with E-state index in [1.54, 1.807) is 31.2 Å². The Kier molecular flexibility index (Phi) is 5.03. The van der Waals surface area contributed by atoms with Gasteiger partial charge in [0.2, 0.25) is 0 Å². The molecule has 0 aliphatic rings. The van der Waals surface area contributed by atoms with Gasteiger partial charge in [0, 0.05) is 11.9 Å². The van der Waals surface area contributed by atoms with Gasteiger partial charge in [-0.2, -0.15) is 0 Å². The lowest BCUT2D eigenvalue weighted by atomic mass is 10.2. The summed E-state index contributed by atoms with van der Waals surface area (Å²) < 4.78 is 4.88. The molecule has 3 N–H and O–H groups in total. The maximum absolute atomic E-state index is 12.1. The first-order valence-corrected chi connectivity index (χ1v) is 6.85. The maximum Gasteiger partial charge on any atom is 0.338 e. The summed E-state index contributed by atoms with van der Waals surface area (Å²) >= 11 is 0. The minimum absolute atomic E-state index is 0.0836. The van der Waals surface area contributed by atoms with Gasteiger partial charge in [-0.3, -0.25) is 14.6 Å². The SMILES string of the molecule is CCOC(=O)c1ccc(NC(=O)c2ccc(C(N)=O)nc2)cc1. The van der Waals surface area contributed by atoms with Crippen molar-refractivity contribution in [2.24, 2.45) is 5.73 Å². The molecule has 0 bridgehead atoms. The summed E-state index contributed by atoms with van der Waals surface area (Å²) in [7, 11) is 0. The van der Waals surface area contributed by atoms with Crippen molar-refractivity contribution in [2.75, 3.05) is 11.9 Å². The molecule has 7 nitrogen and oxygen atoms in total. The van der Waals surface area contributed by atoms with Crippen LogP contribution in [0.3, 0.4) is 0 Å². The second-order valence-corrected chi connectivity index (χ2v) is 4.55. The Hall–Kier alpha value is -3.22. The van der Waals surface area contributed by atoms with Crippen molar-refractivity contribution in [2.45, 2.75) is 6.92 Å². The smallest absolute Gasteiger partial charge is 0.338 e. The number of amides is 2. The molecule has 0 saturated carbocycles. The standard InChI is InChI=1S/C16H15N3O4/c1-2-23-16(22)10-3-6-12(7-4-10)19-15(21)11-5-8-13(14(17)20)18-9-11/h3-9H,2H2,1H3,(H2,17,20)(H,19,21). The Bertz CT molecular complexity index is 724. The van der Waals surface area contributed by atoms with Crippen LogP contribution in [0.4, 0.5) is 5.69 Å². The van der Waals surface area contributed by atoms with E-state index in [-0.39, 0.29) is 11.3 Å². The second-order valence-electron chi connectivity index (χ2n) is 4.55. The van der Waals surface area contributed by atoms with E-state index in [9.17, 15) is 14.4 Å². The van der Waals surface area contributed by atoms with Crippen molar-refractivity contribution in [1.29, 1.82) is 0 Å². The number of nitrogens with two attached hydrogens (primary N) is 1. The highest BCUT2D eigenvalue weighted by molar-refractivity contribution is 6.04. The molecule has 23 heavy (non-hydrogen) atoms. The number of nitrogens with one attached hydrogen (secondary N) is 1. The van der Waals surface area contributed by atoms with Crippen LogP contribution in [-0.4, -0.2) is 29.4 Å². The second kappa shape index (κ2) is 7.17. The first kappa shape index (κ1) is 16.2. The van der Waals surface area contributed by atoms with Crippen LogP contribution in [0.25, 0.3) is 0 Å². The van der Waals surface area contributed by atoms with Crippen molar-refractivity contribution in [3.05, 3.63) is 59.4 Å². The Morgan fingerprint density at radius 3 is 2.26 bits per heavy atom. The Labute approximate surface area is 132 Å². The fourth-order valence-electron chi connectivity index (χ4n) is 1.78. The van der Waals surface area contributed by atoms with Gasteiger partial charge in [-0.25, -0.2) is 4.79 Å². The largest absolute Gasteiger partial charge is 0.462 e. The van der Waals surface area contributed by atoms with E-state index in [1.807, 2.05) is 0 Å². The predicted molar refractivity (Wildman–Crippen MR) is 83.1 cm³/mol. The molecule has 2 amide bonds. The summed E-state index contributed by atoms with van der Waals surface area (Å²) in [5, 5.41) is 2.66. The lowest BCUT2D eigenvalue weighted by Crippen LogP contribution is -2.16. The molecule has 1 heterocycles. The molecule has 1 aromatic heterocycles. The number of hydrogen-bond donors (Lipinski definition) is 2. The molecule has 2 aromatic rings. The normalized spacial score (nSPS) is 9.96. The van der Waals surface area contributed by atoms with Crippen LogP contribution in [0.15, 0.2) is 42.6 Å². The minimum atomic E-state index is -0.661. The third-order valence-electron chi connectivity index (χ3n) is 2.93. The van der Waals surface area contributed by atoms with Crippen LogP contribution in [0, 0.1) is 0 Å². The Balaban J connectivity index is 2.05. The average molecular weight is 313 g/mol. The molecular formula is C16H15N3O4. The van der Waals surface area contributed by atoms with Crippen LogP contribution < -0.4 is 11.1 Å². The van der Waals surface area contributed by atoms with Crippen molar-refractivity contribution >= 4 is 23.5 Å². The molecular weight excluding hydrogens is 298 g/mol. The molecule has 0 aliphatic heterocycles. The number of nitrogens with zero attached hydrogens (tertiary/aromatic N) is 1. The number of carbonyl (C=O) groups excluding carboxylic acids is 3. The molecule has 118 valence electrons. The lowest BCUT2D eigenvalue weighted by molar-refractivity contribution is 0.0526. The number of ether oxygens (including phenoxy) is 1. The zero-order chi connectivity index (χ0) is 16.8. The number of aromatic nitrogens is 1.